The molecular formula is C39H24FN3O. The van der Waals surface area contributed by atoms with Gasteiger partial charge in [0.05, 0.1) is 0 Å². The van der Waals surface area contributed by atoms with E-state index in [0.717, 1.165) is 55.3 Å². The summed E-state index contributed by atoms with van der Waals surface area (Å²) >= 11 is 0. The van der Waals surface area contributed by atoms with E-state index in [-0.39, 0.29) is 5.82 Å². The Kier molecular flexibility index (Phi) is 6.27. The molecule has 0 radical (unpaired) electrons. The standard InChI is InChI=1S/C39H24FN3O/c40-31-20-21-33-34-19-9-18-32(36(34)44-35(33)24-31)29-16-7-14-27(22-29)28-15-8-17-30(23-28)39-42-37(25-10-3-1-4-11-25)41-38(43-39)26-12-5-2-6-13-26/h1-24H. The molecule has 0 aliphatic rings. The molecule has 208 valence electrons. The summed E-state index contributed by atoms with van der Waals surface area (Å²) in [6, 6.07) is 47.3. The van der Waals surface area contributed by atoms with Gasteiger partial charge in [0.15, 0.2) is 17.5 Å². The number of furan rings is 1. The van der Waals surface area contributed by atoms with Crippen molar-refractivity contribution in [2.75, 3.05) is 0 Å². The maximum atomic E-state index is 13.9. The van der Waals surface area contributed by atoms with E-state index in [1.807, 2.05) is 97.1 Å². The highest BCUT2D eigenvalue weighted by molar-refractivity contribution is 6.09. The van der Waals surface area contributed by atoms with Gasteiger partial charge in [0, 0.05) is 39.1 Å². The molecule has 0 N–H and O–H groups in total. The third kappa shape index (κ3) is 4.71. The van der Waals surface area contributed by atoms with Gasteiger partial charge in [-0.05, 0) is 41.0 Å². The Morgan fingerprint density at radius 3 is 1.59 bits per heavy atom. The average molecular weight is 570 g/mol. The molecule has 6 aromatic carbocycles. The van der Waals surface area contributed by atoms with Gasteiger partial charge >= 0.3 is 0 Å². The van der Waals surface area contributed by atoms with Crippen LogP contribution >= 0.6 is 0 Å². The van der Waals surface area contributed by atoms with E-state index in [4.69, 9.17) is 19.4 Å². The number of aromatic nitrogens is 3. The summed E-state index contributed by atoms with van der Waals surface area (Å²) < 4.78 is 20.1. The molecule has 2 aromatic heterocycles. The Morgan fingerprint density at radius 2 is 0.932 bits per heavy atom. The zero-order chi connectivity index (χ0) is 29.5. The van der Waals surface area contributed by atoms with Crippen LogP contribution in [0, 0.1) is 5.82 Å². The van der Waals surface area contributed by atoms with Gasteiger partial charge in [-0.15, -0.1) is 0 Å². The molecule has 5 heteroatoms. The normalized spacial score (nSPS) is 11.3. The van der Waals surface area contributed by atoms with Crippen molar-refractivity contribution in [1.82, 2.24) is 15.0 Å². The summed E-state index contributed by atoms with van der Waals surface area (Å²) in [6.07, 6.45) is 0. The minimum atomic E-state index is -0.315. The summed E-state index contributed by atoms with van der Waals surface area (Å²) in [7, 11) is 0. The Morgan fingerprint density at radius 1 is 0.409 bits per heavy atom. The van der Waals surface area contributed by atoms with Crippen molar-refractivity contribution in [2.45, 2.75) is 0 Å². The Hall–Kier alpha value is -5.94. The van der Waals surface area contributed by atoms with Gasteiger partial charge in [-0.2, -0.15) is 0 Å². The van der Waals surface area contributed by atoms with Crippen LogP contribution in [0.3, 0.4) is 0 Å². The number of nitrogens with zero attached hydrogens (tertiary/aromatic N) is 3. The Bertz CT molecular complexity index is 2240. The molecule has 0 aliphatic heterocycles. The number of rotatable bonds is 5. The smallest absolute Gasteiger partial charge is 0.164 e. The van der Waals surface area contributed by atoms with E-state index in [2.05, 4.69) is 30.3 Å². The van der Waals surface area contributed by atoms with Crippen LogP contribution in [-0.2, 0) is 0 Å². The Balaban J connectivity index is 1.22. The lowest BCUT2D eigenvalue weighted by Crippen LogP contribution is -2.00. The second kappa shape index (κ2) is 10.7. The summed E-state index contributed by atoms with van der Waals surface area (Å²) in [5, 5.41) is 1.86. The van der Waals surface area contributed by atoms with E-state index in [9.17, 15) is 4.39 Å². The second-order valence-corrected chi connectivity index (χ2v) is 10.6. The molecule has 0 saturated heterocycles. The third-order valence-corrected chi connectivity index (χ3v) is 7.79. The van der Waals surface area contributed by atoms with Gasteiger partial charge in [-0.1, -0.05) is 115 Å². The maximum absolute atomic E-state index is 13.9. The molecular weight excluding hydrogens is 545 g/mol. The highest BCUT2D eigenvalue weighted by atomic mass is 19.1. The number of benzene rings is 6. The first kappa shape index (κ1) is 25.7. The molecule has 2 heterocycles. The summed E-state index contributed by atoms with van der Waals surface area (Å²) in [6.45, 7) is 0. The van der Waals surface area contributed by atoms with Crippen molar-refractivity contribution < 1.29 is 8.81 Å². The van der Waals surface area contributed by atoms with Crippen LogP contribution in [0.4, 0.5) is 4.39 Å². The molecule has 8 aromatic rings. The van der Waals surface area contributed by atoms with Crippen molar-refractivity contribution in [2.24, 2.45) is 0 Å². The second-order valence-electron chi connectivity index (χ2n) is 10.6. The van der Waals surface area contributed by atoms with Crippen LogP contribution in [0.5, 0.6) is 0 Å². The number of halogens is 1. The highest BCUT2D eigenvalue weighted by Crippen LogP contribution is 2.37. The van der Waals surface area contributed by atoms with Crippen LogP contribution in [0.2, 0.25) is 0 Å². The van der Waals surface area contributed by atoms with Gasteiger partial charge in [0.2, 0.25) is 0 Å². The van der Waals surface area contributed by atoms with Crippen molar-refractivity contribution in [3.05, 3.63) is 151 Å². The van der Waals surface area contributed by atoms with E-state index >= 15 is 0 Å². The van der Waals surface area contributed by atoms with E-state index in [0.29, 0.717) is 23.1 Å². The van der Waals surface area contributed by atoms with Crippen molar-refractivity contribution in [3.8, 4) is 56.4 Å². The van der Waals surface area contributed by atoms with Gasteiger partial charge in [-0.3, -0.25) is 0 Å². The Labute approximate surface area is 253 Å². The van der Waals surface area contributed by atoms with Crippen LogP contribution in [0.15, 0.2) is 150 Å². The molecule has 0 bridgehead atoms. The minimum Gasteiger partial charge on any atom is -0.455 e. The zero-order valence-electron chi connectivity index (χ0n) is 23.5. The lowest BCUT2D eigenvalue weighted by molar-refractivity contribution is 0.618. The van der Waals surface area contributed by atoms with E-state index in [1.54, 1.807) is 6.07 Å². The number of hydrogen-bond acceptors (Lipinski definition) is 4. The average Bonchev–Trinajstić information content (AvgIpc) is 3.47. The molecule has 0 unspecified atom stereocenters. The van der Waals surface area contributed by atoms with Crippen LogP contribution in [0.25, 0.3) is 78.4 Å². The summed E-state index contributed by atoms with van der Waals surface area (Å²) in [4.78, 5) is 14.6. The lowest BCUT2D eigenvalue weighted by atomic mass is 9.97. The highest BCUT2D eigenvalue weighted by Gasteiger charge is 2.15. The fourth-order valence-corrected chi connectivity index (χ4v) is 5.64. The summed E-state index contributed by atoms with van der Waals surface area (Å²) in [5.74, 6) is 1.54. The van der Waals surface area contributed by atoms with Crippen LogP contribution in [0.1, 0.15) is 0 Å². The molecule has 0 atom stereocenters. The summed E-state index contributed by atoms with van der Waals surface area (Å²) in [5.41, 5.74) is 8.08. The van der Waals surface area contributed by atoms with Gasteiger partial charge in [0.1, 0.15) is 17.0 Å². The molecule has 0 amide bonds. The topological polar surface area (TPSA) is 51.8 Å². The number of hydrogen-bond donors (Lipinski definition) is 0. The maximum Gasteiger partial charge on any atom is 0.164 e. The van der Waals surface area contributed by atoms with Gasteiger partial charge in [0.25, 0.3) is 0 Å². The minimum absolute atomic E-state index is 0.315. The fourth-order valence-electron chi connectivity index (χ4n) is 5.64. The first-order chi connectivity index (χ1) is 21.7. The SMILES string of the molecule is Fc1ccc2c(c1)oc1c(-c3cccc(-c4cccc(-c5nc(-c6ccccc6)nc(-c6ccccc6)n5)c4)c3)cccc12. The molecule has 4 nitrogen and oxygen atoms in total. The van der Waals surface area contributed by atoms with E-state index in [1.165, 1.54) is 12.1 Å². The van der Waals surface area contributed by atoms with Crippen LogP contribution in [-0.4, -0.2) is 15.0 Å². The first-order valence-corrected chi connectivity index (χ1v) is 14.4. The first-order valence-electron chi connectivity index (χ1n) is 14.4. The largest absolute Gasteiger partial charge is 0.455 e. The molecule has 0 aliphatic carbocycles. The van der Waals surface area contributed by atoms with Crippen molar-refractivity contribution in [3.63, 3.8) is 0 Å². The molecule has 8 rings (SSSR count). The number of fused-ring (bicyclic) bond motifs is 3. The van der Waals surface area contributed by atoms with E-state index < -0.39 is 0 Å². The quantitative estimate of drug-likeness (QED) is 0.207. The number of para-hydroxylation sites is 1. The molecule has 0 fully saturated rings. The fraction of sp³-hybridized carbons (Fsp3) is 0. The predicted octanol–water partition coefficient (Wildman–Crippen LogP) is 10.2. The zero-order valence-corrected chi connectivity index (χ0v) is 23.5. The van der Waals surface area contributed by atoms with Crippen LogP contribution < -0.4 is 0 Å². The third-order valence-electron chi connectivity index (χ3n) is 7.79. The lowest BCUT2D eigenvalue weighted by Gasteiger charge is -2.10. The van der Waals surface area contributed by atoms with Gasteiger partial charge in [-0.25, -0.2) is 19.3 Å². The molecule has 44 heavy (non-hydrogen) atoms. The van der Waals surface area contributed by atoms with Crippen molar-refractivity contribution in [1.29, 1.82) is 0 Å². The van der Waals surface area contributed by atoms with Gasteiger partial charge < -0.3 is 4.42 Å². The molecule has 0 saturated carbocycles. The van der Waals surface area contributed by atoms with Crippen molar-refractivity contribution >= 4 is 21.9 Å². The monoisotopic (exact) mass is 569 g/mol. The predicted molar refractivity (Wildman–Crippen MR) is 174 cm³/mol. The molecule has 0 spiro atoms.